The van der Waals surface area contributed by atoms with Crippen molar-refractivity contribution in [2.75, 3.05) is 13.2 Å². The maximum atomic E-state index is 11.7. The second kappa shape index (κ2) is 4.44. The van der Waals surface area contributed by atoms with Gasteiger partial charge in [0.2, 0.25) is 5.91 Å². The first kappa shape index (κ1) is 11.4. The quantitative estimate of drug-likeness (QED) is 0.857. The molecule has 86 valence electrons. The van der Waals surface area contributed by atoms with E-state index in [1.807, 2.05) is 18.2 Å². The molecule has 1 fully saturated rings. The summed E-state index contributed by atoms with van der Waals surface area (Å²) in [7, 11) is 0. The fraction of sp³-hybridized carbons (Fsp3) is 0.417. The van der Waals surface area contributed by atoms with Crippen molar-refractivity contribution in [3.8, 4) is 0 Å². The molecule has 0 bridgehead atoms. The van der Waals surface area contributed by atoms with Crippen molar-refractivity contribution in [2.24, 2.45) is 5.73 Å². The molecule has 1 aliphatic rings. The average Bonchev–Trinajstić information content (AvgIpc) is 2.30. The number of ether oxygens (including phenoxy) is 1. The zero-order valence-electron chi connectivity index (χ0n) is 8.91. The molecular weight excluding hydrogens is 226 g/mol. The standard InChI is InChI=1S/C12H14ClNO2/c13-10-4-2-1-3-9(10)12(11(14)15)5-7-16-8-6-12/h1-4H,5-8H2,(H2,14,15). The number of hydrogen-bond acceptors (Lipinski definition) is 2. The second-order valence-electron chi connectivity index (χ2n) is 4.04. The Morgan fingerprint density at radius 1 is 1.31 bits per heavy atom. The van der Waals surface area contributed by atoms with E-state index in [9.17, 15) is 4.79 Å². The van der Waals surface area contributed by atoms with Crippen LogP contribution in [0.15, 0.2) is 24.3 Å². The van der Waals surface area contributed by atoms with Crippen LogP contribution in [0.3, 0.4) is 0 Å². The zero-order valence-corrected chi connectivity index (χ0v) is 9.67. The summed E-state index contributed by atoms with van der Waals surface area (Å²) in [6.45, 7) is 1.10. The van der Waals surface area contributed by atoms with Crippen LogP contribution >= 0.6 is 11.6 Å². The van der Waals surface area contributed by atoms with Crippen LogP contribution in [0, 0.1) is 0 Å². The van der Waals surface area contributed by atoms with E-state index in [1.165, 1.54) is 0 Å². The summed E-state index contributed by atoms with van der Waals surface area (Å²) in [6.07, 6.45) is 1.21. The Morgan fingerprint density at radius 3 is 2.50 bits per heavy atom. The van der Waals surface area contributed by atoms with Crippen LogP contribution in [0.1, 0.15) is 18.4 Å². The Labute approximate surface area is 99.5 Å². The number of carbonyl (C=O) groups is 1. The molecule has 1 amide bonds. The van der Waals surface area contributed by atoms with Gasteiger partial charge in [0.15, 0.2) is 0 Å². The summed E-state index contributed by atoms with van der Waals surface area (Å²) in [5.41, 5.74) is 5.72. The van der Waals surface area contributed by atoms with Crippen molar-refractivity contribution < 1.29 is 9.53 Å². The topological polar surface area (TPSA) is 52.3 Å². The Morgan fingerprint density at radius 2 is 1.94 bits per heavy atom. The molecule has 0 unspecified atom stereocenters. The molecule has 0 spiro atoms. The van der Waals surface area contributed by atoms with Gasteiger partial charge in [0.25, 0.3) is 0 Å². The highest BCUT2D eigenvalue weighted by Crippen LogP contribution is 2.38. The fourth-order valence-electron chi connectivity index (χ4n) is 2.22. The van der Waals surface area contributed by atoms with Gasteiger partial charge in [-0.2, -0.15) is 0 Å². The maximum Gasteiger partial charge on any atom is 0.228 e. The number of hydrogen-bond donors (Lipinski definition) is 1. The molecule has 3 nitrogen and oxygen atoms in total. The summed E-state index contributed by atoms with van der Waals surface area (Å²) in [4.78, 5) is 11.7. The smallest absolute Gasteiger partial charge is 0.228 e. The van der Waals surface area contributed by atoms with Crippen LogP contribution in [-0.4, -0.2) is 19.1 Å². The summed E-state index contributed by atoms with van der Waals surface area (Å²) in [5, 5.41) is 0.600. The van der Waals surface area contributed by atoms with Gasteiger partial charge in [-0.25, -0.2) is 0 Å². The molecule has 1 aromatic carbocycles. The highest BCUT2D eigenvalue weighted by Gasteiger charge is 2.41. The number of rotatable bonds is 2. The van der Waals surface area contributed by atoms with E-state index < -0.39 is 5.41 Å². The van der Waals surface area contributed by atoms with Crippen molar-refractivity contribution in [3.05, 3.63) is 34.9 Å². The lowest BCUT2D eigenvalue weighted by Gasteiger charge is -2.35. The van der Waals surface area contributed by atoms with Crippen LogP contribution < -0.4 is 5.73 Å². The third kappa shape index (κ3) is 1.81. The minimum atomic E-state index is -0.656. The van der Waals surface area contributed by atoms with Crippen molar-refractivity contribution in [1.82, 2.24) is 0 Å². The van der Waals surface area contributed by atoms with E-state index in [-0.39, 0.29) is 5.91 Å². The van der Waals surface area contributed by atoms with Crippen LogP contribution in [0.2, 0.25) is 5.02 Å². The molecule has 1 saturated heterocycles. The molecule has 0 aromatic heterocycles. The molecule has 2 N–H and O–H groups in total. The number of benzene rings is 1. The Hall–Kier alpha value is -1.06. The number of primary amides is 1. The fourth-order valence-corrected chi connectivity index (χ4v) is 2.53. The van der Waals surface area contributed by atoms with E-state index in [0.717, 1.165) is 5.56 Å². The molecule has 0 radical (unpaired) electrons. The highest BCUT2D eigenvalue weighted by molar-refractivity contribution is 6.31. The number of carbonyl (C=O) groups excluding carboxylic acids is 1. The van der Waals surface area contributed by atoms with E-state index in [1.54, 1.807) is 6.07 Å². The summed E-state index contributed by atoms with van der Waals surface area (Å²) >= 11 is 6.14. The molecule has 1 aliphatic heterocycles. The molecular formula is C12H14ClNO2. The van der Waals surface area contributed by atoms with E-state index >= 15 is 0 Å². The Kier molecular flexibility index (Phi) is 3.17. The van der Waals surface area contributed by atoms with Gasteiger partial charge in [0.05, 0.1) is 5.41 Å². The Balaban J connectivity index is 2.47. The van der Waals surface area contributed by atoms with Gasteiger partial charge in [0, 0.05) is 18.2 Å². The van der Waals surface area contributed by atoms with Crippen molar-refractivity contribution in [1.29, 1.82) is 0 Å². The van der Waals surface area contributed by atoms with Crippen molar-refractivity contribution in [2.45, 2.75) is 18.3 Å². The summed E-state index contributed by atoms with van der Waals surface area (Å²) in [6, 6.07) is 7.39. The van der Waals surface area contributed by atoms with Crippen LogP contribution in [0.5, 0.6) is 0 Å². The van der Waals surface area contributed by atoms with Gasteiger partial charge in [-0.05, 0) is 24.5 Å². The van der Waals surface area contributed by atoms with Crippen LogP contribution in [0.4, 0.5) is 0 Å². The lowest BCUT2D eigenvalue weighted by molar-refractivity contribution is -0.127. The van der Waals surface area contributed by atoms with Gasteiger partial charge in [-0.1, -0.05) is 29.8 Å². The monoisotopic (exact) mass is 239 g/mol. The normalized spacial score (nSPS) is 19.3. The predicted molar refractivity (Wildman–Crippen MR) is 62.4 cm³/mol. The van der Waals surface area contributed by atoms with E-state index in [2.05, 4.69) is 0 Å². The number of amides is 1. The Bertz CT molecular complexity index is 400. The first-order chi connectivity index (χ1) is 7.67. The van der Waals surface area contributed by atoms with Gasteiger partial charge < -0.3 is 10.5 Å². The van der Waals surface area contributed by atoms with Crippen LogP contribution in [-0.2, 0) is 14.9 Å². The molecule has 0 aliphatic carbocycles. The number of nitrogens with two attached hydrogens (primary N) is 1. The third-order valence-electron chi connectivity index (χ3n) is 3.21. The molecule has 2 rings (SSSR count). The second-order valence-corrected chi connectivity index (χ2v) is 4.45. The lowest BCUT2D eigenvalue weighted by atomic mass is 9.73. The maximum absolute atomic E-state index is 11.7. The van der Waals surface area contributed by atoms with Crippen LogP contribution in [0.25, 0.3) is 0 Å². The predicted octanol–water partition coefficient (Wildman–Crippen LogP) is 1.87. The van der Waals surface area contributed by atoms with Crippen molar-refractivity contribution in [3.63, 3.8) is 0 Å². The lowest BCUT2D eigenvalue weighted by Crippen LogP contribution is -2.45. The molecule has 1 heterocycles. The van der Waals surface area contributed by atoms with Gasteiger partial charge in [0.1, 0.15) is 0 Å². The van der Waals surface area contributed by atoms with Gasteiger partial charge in [-0.15, -0.1) is 0 Å². The van der Waals surface area contributed by atoms with Crippen molar-refractivity contribution >= 4 is 17.5 Å². The molecule has 4 heteroatoms. The molecule has 0 saturated carbocycles. The minimum Gasteiger partial charge on any atom is -0.381 e. The van der Waals surface area contributed by atoms with Gasteiger partial charge >= 0.3 is 0 Å². The average molecular weight is 240 g/mol. The summed E-state index contributed by atoms with van der Waals surface area (Å²) in [5.74, 6) is -0.316. The zero-order chi connectivity index (χ0) is 11.6. The first-order valence-corrected chi connectivity index (χ1v) is 5.67. The first-order valence-electron chi connectivity index (χ1n) is 5.29. The van der Waals surface area contributed by atoms with E-state index in [0.29, 0.717) is 31.1 Å². The molecule has 0 atom stereocenters. The number of halogens is 1. The van der Waals surface area contributed by atoms with E-state index in [4.69, 9.17) is 22.1 Å². The van der Waals surface area contributed by atoms with Gasteiger partial charge in [-0.3, -0.25) is 4.79 Å². The molecule has 1 aromatic rings. The SMILES string of the molecule is NC(=O)C1(c2ccccc2Cl)CCOCC1. The third-order valence-corrected chi connectivity index (χ3v) is 3.54. The molecule has 16 heavy (non-hydrogen) atoms. The minimum absolute atomic E-state index is 0.316. The largest absolute Gasteiger partial charge is 0.381 e. The highest BCUT2D eigenvalue weighted by atomic mass is 35.5. The summed E-state index contributed by atoms with van der Waals surface area (Å²) < 4.78 is 5.29.